The number of carbonyl (C=O) groups excluding carboxylic acids is 2. The number of anilines is 1. The van der Waals surface area contributed by atoms with Crippen LogP contribution in [-0.4, -0.2) is 18.0 Å². The molecule has 0 fully saturated rings. The third-order valence-corrected chi connectivity index (χ3v) is 2.56. The molecule has 2 unspecified atom stereocenters. The van der Waals surface area contributed by atoms with Crippen LogP contribution in [0.2, 0.25) is 0 Å². The van der Waals surface area contributed by atoms with Crippen LogP contribution in [0.15, 0.2) is 24.3 Å². The maximum absolute atomic E-state index is 11.6. The van der Waals surface area contributed by atoms with Gasteiger partial charge in [-0.2, -0.15) is 0 Å². The summed E-state index contributed by atoms with van der Waals surface area (Å²) in [5.41, 5.74) is 12.1. The molecule has 0 aliphatic heterocycles. The van der Waals surface area contributed by atoms with Crippen molar-refractivity contribution in [2.75, 3.05) is 5.32 Å². The number of primary amides is 1. The number of nitrogens with two attached hydrogens (primary N) is 2. The summed E-state index contributed by atoms with van der Waals surface area (Å²) in [6.45, 7) is 3.67. The van der Waals surface area contributed by atoms with Crippen LogP contribution in [0.1, 0.15) is 31.9 Å². The Labute approximate surface area is 112 Å². The fraction of sp³-hybridized carbons (Fsp3) is 0.385. The molecule has 0 heterocycles. The molecule has 6 nitrogen and oxygen atoms in total. The highest BCUT2D eigenvalue weighted by Gasteiger charge is 2.11. The molecule has 0 radical (unpaired) electrons. The highest BCUT2D eigenvalue weighted by atomic mass is 16.2. The molecule has 0 spiro atoms. The second kappa shape index (κ2) is 6.75. The summed E-state index contributed by atoms with van der Waals surface area (Å²) >= 11 is 0. The van der Waals surface area contributed by atoms with Gasteiger partial charge in [0, 0.05) is 18.2 Å². The van der Waals surface area contributed by atoms with Crippen molar-refractivity contribution >= 4 is 17.6 Å². The van der Waals surface area contributed by atoms with Crippen LogP contribution >= 0.6 is 0 Å². The highest BCUT2D eigenvalue weighted by Crippen LogP contribution is 2.16. The van der Waals surface area contributed by atoms with E-state index in [1.165, 1.54) is 0 Å². The zero-order chi connectivity index (χ0) is 14.4. The minimum Gasteiger partial charge on any atom is -0.351 e. The van der Waals surface area contributed by atoms with Crippen LogP contribution in [0, 0.1) is 0 Å². The van der Waals surface area contributed by atoms with Crippen LogP contribution < -0.4 is 22.1 Å². The molecule has 104 valence electrons. The zero-order valence-corrected chi connectivity index (χ0v) is 11.1. The van der Waals surface area contributed by atoms with Crippen molar-refractivity contribution in [1.29, 1.82) is 0 Å². The van der Waals surface area contributed by atoms with Crippen molar-refractivity contribution in [1.82, 2.24) is 5.32 Å². The molecule has 0 saturated carbocycles. The summed E-state index contributed by atoms with van der Waals surface area (Å²) in [5, 5.41) is 5.33. The van der Waals surface area contributed by atoms with Gasteiger partial charge in [0.2, 0.25) is 5.91 Å². The van der Waals surface area contributed by atoms with E-state index in [0.717, 1.165) is 5.56 Å². The Morgan fingerprint density at radius 1 is 1.21 bits per heavy atom. The Morgan fingerprint density at radius 2 is 1.79 bits per heavy atom. The van der Waals surface area contributed by atoms with Gasteiger partial charge in [0.05, 0.1) is 6.04 Å². The standard InChI is InChI=1S/C13H20N4O2/c1-8(14)7-12(18)16-9(2)10-3-5-11(6-4-10)17-13(15)19/h3-6,8-9H,7,14H2,1-2H3,(H,16,18)(H3,15,17,19). The molecule has 0 aliphatic rings. The number of hydrogen-bond donors (Lipinski definition) is 4. The first-order chi connectivity index (χ1) is 8.88. The monoisotopic (exact) mass is 264 g/mol. The summed E-state index contributed by atoms with van der Waals surface area (Å²) in [6.07, 6.45) is 0.297. The molecule has 0 bridgehead atoms. The first-order valence-corrected chi connectivity index (χ1v) is 6.10. The van der Waals surface area contributed by atoms with Crippen LogP contribution in [0.5, 0.6) is 0 Å². The van der Waals surface area contributed by atoms with E-state index in [-0.39, 0.29) is 18.0 Å². The largest absolute Gasteiger partial charge is 0.351 e. The van der Waals surface area contributed by atoms with Gasteiger partial charge in [0.1, 0.15) is 0 Å². The van der Waals surface area contributed by atoms with Gasteiger partial charge < -0.3 is 22.1 Å². The number of benzene rings is 1. The average Bonchev–Trinajstić information content (AvgIpc) is 2.27. The van der Waals surface area contributed by atoms with E-state index in [0.29, 0.717) is 12.1 Å². The van der Waals surface area contributed by atoms with E-state index < -0.39 is 6.03 Å². The fourth-order valence-electron chi connectivity index (χ4n) is 1.67. The van der Waals surface area contributed by atoms with E-state index in [2.05, 4.69) is 10.6 Å². The van der Waals surface area contributed by atoms with Crippen molar-refractivity contribution < 1.29 is 9.59 Å². The molecular formula is C13H20N4O2. The van der Waals surface area contributed by atoms with Gasteiger partial charge in [-0.1, -0.05) is 12.1 Å². The summed E-state index contributed by atoms with van der Waals surface area (Å²) in [5.74, 6) is -0.0816. The molecule has 3 amide bonds. The number of carbonyl (C=O) groups is 2. The van der Waals surface area contributed by atoms with Crippen LogP contribution in [-0.2, 0) is 4.79 Å². The molecule has 19 heavy (non-hydrogen) atoms. The lowest BCUT2D eigenvalue weighted by Crippen LogP contribution is -2.31. The average molecular weight is 264 g/mol. The normalized spacial score (nSPS) is 13.4. The van der Waals surface area contributed by atoms with Crippen LogP contribution in [0.4, 0.5) is 10.5 Å². The lowest BCUT2D eigenvalue weighted by molar-refractivity contribution is -0.122. The molecular weight excluding hydrogens is 244 g/mol. The van der Waals surface area contributed by atoms with E-state index in [1.807, 2.05) is 19.1 Å². The van der Waals surface area contributed by atoms with Crippen LogP contribution in [0.25, 0.3) is 0 Å². The van der Waals surface area contributed by atoms with E-state index in [9.17, 15) is 9.59 Å². The molecule has 1 aromatic carbocycles. The smallest absolute Gasteiger partial charge is 0.316 e. The summed E-state index contributed by atoms with van der Waals surface area (Å²) < 4.78 is 0. The molecule has 1 aromatic rings. The Morgan fingerprint density at radius 3 is 2.26 bits per heavy atom. The first kappa shape index (κ1) is 15.0. The van der Waals surface area contributed by atoms with E-state index in [1.54, 1.807) is 19.1 Å². The van der Waals surface area contributed by atoms with Crippen molar-refractivity contribution in [3.05, 3.63) is 29.8 Å². The Hall–Kier alpha value is -2.08. The minimum absolute atomic E-state index is 0.0816. The quantitative estimate of drug-likeness (QED) is 0.639. The van der Waals surface area contributed by atoms with Gasteiger partial charge in [-0.25, -0.2) is 4.79 Å². The van der Waals surface area contributed by atoms with Gasteiger partial charge in [-0.15, -0.1) is 0 Å². The predicted octanol–water partition coefficient (Wildman–Crippen LogP) is 1.09. The third kappa shape index (κ3) is 5.39. The minimum atomic E-state index is -0.606. The van der Waals surface area contributed by atoms with E-state index in [4.69, 9.17) is 11.5 Å². The maximum atomic E-state index is 11.6. The molecule has 1 rings (SSSR count). The van der Waals surface area contributed by atoms with Gasteiger partial charge in [0.25, 0.3) is 0 Å². The molecule has 6 heteroatoms. The third-order valence-electron chi connectivity index (χ3n) is 2.56. The summed E-state index contributed by atoms with van der Waals surface area (Å²) in [4.78, 5) is 22.3. The molecule has 2 atom stereocenters. The number of urea groups is 1. The van der Waals surface area contributed by atoms with Crippen molar-refractivity contribution in [2.24, 2.45) is 11.5 Å². The number of amides is 3. The summed E-state index contributed by atoms with van der Waals surface area (Å²) in [6, 6.07) is 6.22. The first-order valence-electron chi connectivity index (χ1n) is 6.10. The van der Waals surface area contributed by atoms with E-state index >= 15 is 0 Å². The molecule has 0 aromatic heterocycles. The number of rotatable bonds is 5. The summed E-state index contributed by atoms with van der Waals surface area (Å²) in [7, 11) is 0. The highest BCUT2D eigenvalue weighted by molar-refractivity contribution is 5.87. The van der Waals surface area contributed by atoms with Gasteiger partial charge >= 0.3 is 6.03 Å². The van der Waals surface area contributed by atoms with Crippen molar-refractivity contribution in [2.45, 2.75) is 32.4 Å². The Kier molecular flexibility index (Phi) is 5.32. The topological polar surface area (TPSA) is 110 Å². The second-order valence-corrected chi connectivity index (χ2v) is 4.58. The molecule has 0 aliphatic carbocycles. The van der Waals surface area contributed by atoms with Gasteiger partial charge in [-0.3, -0.25) is 4.79 Å². The van der Waals surface area contributed by atoms with Crippen molar-refractivity contribution in [3.63, 3.8) is 0 Å². The molecule has 0 saturated heterocycles. The number of hydrogen-bond acceptors (Lipinski definition) is 3. The zero-order valence-electron chi connectivity index (χ0n) is 11.1. The predicted molar refractivity (Wildman–Crippen MR) is 74.5 cm³/mol. The fourth-order valence-corrected chi connectivity index (χ4v) is 1.67. The second-order valence-electron chi connectivity index (χ2n) is 4.58. The lowest BCUT2D eigenvalue weighted by atomic mass is 10.1. The lowest BCUT2D eigenvalue weighted by Gasteiger charge is -2.15. The van der Waals surface area contributed by atoms with Crippen LogP contribution in [0.3, 0.4) is 0 Å². The Balaban J connectivity index is 2.60. The SMILES string of the molecule is CC(N)CC(=O)NC(C)c1ccc(NC(N)=O)cc1. The molecule has 6 N–H and O–H groups in total. The number of nitrogens with one attached hydrogen (secondary N) is 2. The van der Waals surface area contributed by atoms with Gasteiger partial charge in [0.15, 0.2) is 0 Å². The maximum Gasteiger partial charge on any atom is 0.316 e. The Bertz CT molecular complexity index is 442. The van der Waals surface area contributed by atoms with Gasteiger partial charge in [-0.05, 0) is 31.5 Å². The van der Waals surface area contributed by atoms with Crippen molar-refractivity contribution in [3.8, 4) is 0 Å².